The van der Waals surface area contributed by atoms with Gasteiger partial charge in [0.2, 0.25) is 12.0 Å². The van der Waals surface area contributed by atoms with Crippen molar-refractivity contribution >= 4 is 40.7 Å². The van der Waals surface area contributed by atoms with E-state index in [-0.39, 0.29) is 28.8 Å². The highest BCUT2D eigenvalue weighted by Gasteiger charge is 2.49. The summed E-state index contributed by atoms with van der Waals surface area (Å²) in [6.07, 6.45) is 0.271. The summed E-state index contributed by atoms with van der Waals surface area (Å²) in [7, 11) is 0. The molecule has 3 aromatic rings. The number of Topliss-reactive ketones (excluding diaryl/α,β-unsaturated/α-hetero) is 1. The third kappa shape index (κ3) is 6.69. The highest BCUT2D eigenvalue weighted by Crippen LogP contribution is 2.37. The van der Waals surface area contributed by atoms with Crippen molar-refractivity contribution in [3.63, 3.8) is 0 Å². The maximum Gasteiger partial charge on any atom is 0.409 e. The van der Waals surface area contributed by atoms with Crippen LogP contribution in [-0.4, -0.2) is 67.4 Å². The topological polar surface area (TPSA) is 130 Å². The number of likely N-dealkylation sites (tertiary alicyclic amines) is 1. The Kier molecular flexibility index (Phi) is 9.02. The maximum atomic E-state index is 13.5. The number of ether oxygens (including phenoxy) is 1. The largest absolute Gasteiger partial charge is 0.425 e. The summed E-state index contributed by atoms with van der Waals surface area (Å²) in [6.45, 7) is 10.3. The van der Waals surface area contributed by atoms with Crippen LogP contribution in [0.4, 0.5) is 4.79 Å². The molecule has 5 atom stereocenters. The smallest absolute Gasteiger partial charge is 0.409 e. The van der Waals surface area contributed by atoms with Crippen LogP contribution in [0.3, 0.4) is 0 Å². The van der Waals surface area contributed by atoms with E-state index in [1.807, 2.05) is 65.0 Å². The molecule has 42 heavy (non-hydrogen) atoms. The lowest BCUT2D eigenvalue weighted by atomic mass is 9.93. The average molecular weight is 613 g/mol. The van der Waals surface area contributed by atoms with Crippen LogP contribution in [0.15, 0.2) is 35.7 Å². The summed E-state index contributed by atoms with van der Waals surface area (Å²) >= 11 is 2.58. The van der Waals surface area contributed by atoms with Crippen LogP contribution in [0.25, 0.3) is 9.88 Å². The van der Waals surface area contributed by atoms with Crippen LogP contribution in [0.5, 0.6) is 0 Å². The van der Waals surface area contributed by atoms with E-state index in [0.717, 1.165) is 29.0 Å². The van der Waals surface area contributed by atoms with Crippen molar-refractivity contribution in [3.8, 4) is 9.88 Å². The maximum absolute atomic E-state index is 13.5. The molecule has 2 aliphatic heterocycles. The quantitative estimate of drug-likeness (QED) is 0.285. The number of benzene rings is 1. The van der Waals surface area contributed by atoms with Crippen molar-refractivity contribution in [2.45, 2.75) is 84.8 Å². The molecule has 0 aliphatic carbocycles. The molecule has 1 N–H and O–H groups in total. The molecular weight excluding hydrogens is 576 g/mol. The Morgan fingerprint density at radius 2 is 2.00 bits per heavy atom. The van der Waals surface area contributed by atoms with E-state index in [1.54, 1.807) is 15.3 Å². The number of rotatable bonds is 11. The minimum Gasteiger partial charge on any atom is -0.425 e. The van der Waals surface area contributed by atoms with Gasteiger partial charge in [0.25, 0.3) is 5.91 Å². The number of aromatic nitrogens is 3. The van der Waals surface area contributed by atoms with Gasteiger partial charge in [-0.1, -0.05) is 68.4 Å². The van der Waals surface area contributed by atoms with Crippen molar-refractivity contribution in [2.75, 3.05) is 6.54 Å². The molecule has 0 saturated carbocycles. The number of unbranched alkanes of at least 4 members (excludes halogenated alkanes) is 1. The van der Waals surface area contributed by atoms with Gasteiger partial charge in [-0.05, 0) is 42.8 Å². The van der Waals surface area contributed by atoms with Crippen LogP contribution in [0, 0.1) is 12.3 Å². The highest BCUT2D eigenvalue weighted by atomic mass is 32.1. The van der Waals surface area contributed by atoms with Gasteiger partial charge in [0.05, 0.1) is 17.8 Å². The molecule has 13 heteroatoms. The van der Waals surface area contributed by atoms with Crippen molar-refractivity contribution in [3.05, 3.63) is 52.7 Å². The fourth-order valence-electron chi connectivity index (χ4n) is 5.17. The minimum atomic E-state index is -0.793. The van der Waals surface area contributed by atoms with E-state index >= 15 is 0 Å². The van der Waals surface area contributed by atoms with Crippen molar-refractivity contribution in [1.82, 2.24) is 29.9 Å². The van der Waals surface area contributed by atoms with Crippen molar-refractivity contribution in [1.29, 1.82) is 0 Å². The molecule has 3 unspecified atom stereocenters. The number of thiazole rings is 1. The third-order valence-corrected chi connectivity index (χ3v) is 9.37. The van der Waals surface area contributed by atoms with Gasteiger partial charge in [0, 0.05) is 18.3 Å². The normalized spacial score (nSPS) is 22.4. The zero-order valence-electron chi connectivity index (χ0n) is 24.4. The summed E-state index contributed by atoms with van der Waals surface area (Å²) in [5, 5.41) is 10.8. The summed E-state index contributed by atoms with van der Waals surface area (Å²) in [6, 6.07) is 8.91. The second-order valence-corrected chi connectivity index (χ2v) is 13.1. The molecule has 1 aromatic carbocycles. The van der Waals surface area contributed by atoms with E-state index in [0.29, 0.717) is 24.4 Å². The molecule has 11 nitrogen and oxygen atoms in total. The van der Waals surface area contributed by atoms with Gasteiger partial charge in [0.15, 0.2) is 6.23 Å². The molecule has 0 bridgehead atoms. The average Bonchev–Trinajstić information content (AvgIpc) is 3.23. The van der Waals surface area contributed by atoms with Gasteiger partial charge < -0.3 is 15.0 Å². The number of hydroxylamine groups is 2. The van der Waals surface area contributed by atoms with Crippen molar-refractivity contribution in [2.24, 2.45) is 5.41 Å². The molecule has 2 saturated heterocycles. The predicted octanol–water partition coefficient (Wildman–Crippen LogP) is 5.36. The van der Waals surface area contributed by atoms with Gasteiger partial charge >= 0.3 is 6.09 Å². The number of amides is 2. The van der Waals surface area contributed by atoms with E-state index in [4.69, 9.17) is 9.57 Å². The molecule has 2 amide bonds. The summed E-state index contributed by atoms with van der Waals surface area (Å²) in [5.74, 6) is -0.530. The van der Waals surface area contributed by atoms with Gasteiger partial charge in [-0.15, -0.1) is 21.5 Å². The van der Waals surface area contributed by atoms with Crippen molar-refractivity contribution < 1.29 is 24.0 Å². The number of nitrogens with one attached hydrogen (secondary N) is 1. The molecule has 0 radical (unpaired) electrons. The number of hydrogen-bond acceptors (Lipinski definition) is 11. The molecule has 4 heterocycles. The first-order valence-electron chi connectivity index (χ1n) is 14.1. The molecule has 224 valence electrons. The lowest BCUT2D eigenvalue weighted by molar-refractivity contribution is -0.122. The number of alkyl carbamates (subject to hydrolysis) is 1. The number of hydrogen-bond donors (Lipinski definition) is 1. The lowest BCUT2D eigenvalue weighted by Gasteiger charge is -2.25. The molecule has 0 spiro atoms. The second kappa shape index (κ2) is 12.5. The molecular formula is C29H36N6O5S2. The Hall–Kier alpha value is -3.26. The predicted molar refractivity (Wildman–Crippen MR) is 158 cm³/mol. The van der Waals surface area contributed by atoms with Crippen LogP contribution < -0.4 is 5.32 Å². The number of ketones is 1. The van der Waals surface area contributed by atoms with Crippen LogP contribution in [-0.2, 0) is 14.4 Å². The van der Waals surface area contributed by atoms with E-state index in [1.165, 1.54) is 22.9 Å². The fraction of sp³-hybridized carbons (Fsp3) is 0.517. The zero-order chi connectivity index (χ0) is 30.0. The van der Waals surface area contributed by atoms with Crippen LogP contribution >= 0.6 is 22.9 Å². The Balaban J connectivity index is 1.24. The Morgan fingerprint density at radius 3 is 2.69 bits per heavy atom. The Bertz CT molecular complexity index is 1430. The van der Waals surface area contributed by atoms with E-state index in [2.05, 4.69) is 19.9 Å². The molecule has 2 fully saturated rings. The first kappa shape index (κ1) is 30.2. The van der Waals surface area contributed by atoms with Gasteiger partial charge in [-0.25, -0.2) is 9.78 Å². The number of aryl methyl sites for hydroxylation is 1. The van der Waals surface area contributed by atoms with Gasteiger partial charge in [-0.3, -0.25) is 14.4 Å². The second-order valence-electron chi connectivity index (χ2n) is 11.5. The van der Waals surface area contributed by atoms with E-state index in [9.17, 15) is 14.4 Å². The molecule has 2 aliphatic rings. The summed E-state index contributed by atoms with van der Waals surface area (Å²) in [5.41, 5.74) is 1.80. The van der Waals surface area contributed by atoms with Crippen LogP contribution in [0.1, 0.15) is 81.2 Å². The Morgan fingerprint density at radius 1 is 1.24 bits per heavy atom. The number of carbonyl (C=O) groups is 3. The number of nitrogens with zero attached hydrogens (tertiary/aromatic N) is 5. The Labute approximate surface area is 253 Å². The van der Waals surface area contributed by atoms with Gasteiger partial charge in [-0.2, -0.15) is 0 Å². The SMILES string of the molecule is CCCC[C@H](NC(=O)OC1CC(C)(C)CN1C(=O)c1csc(-c2snnc2C)n1)C(=O)C1ON1[C@H](C)c1ccccc1. The fourth-order valence-corrected chi connectivity index (χ4v) is 6.75. The summed E-state index contributed by atoms with van der Waals surface area (Å²) < 4.78 is 9.76. The van der Waals surface area contributed by atoms with E-state index < -0.39 is 24.6 Å². The molecule has 5 rings (SSSR count). The lowest BCUT2D eigenvalue weighted by Crippen LogP contribution is -2.47. The summed E-state index contributed by atoms with van der Waals surface area (Å²) in [4.78, 5) is 52.7. The van der Waals surface area contributed by atoms with Crippen LogP contribution in [0.2, 0.25) is 0 Å². The monoisotopic (exact) mass is 612 g/mol. The first-order chi connectivity index (χ1) is 20.1. The minimum absolute atomic E-state index is 0.110. The molecule has 2 aromatic heterocycles. The standard InChI is InChI=1S/C29H36N6O5S2/c1-6-7-13-20(23(36)27-35(40-27)18(3)19-11-9-8-10-12-19)31-28(38)39-22-14-29(4,5)16-34(22)26(37)21-15-41-25(30-21)24-17(2)32-33-42-24/h8-12,15,18,20,22,27H,6-7,13-14,16H2,1-5H3,(H,31,38)/t18-,20+,22?,27?,35?/m1/s1. The zero-order valence-corrected chi connectivity index (χ0v) is 26.0. The highest BCUT2D eigenvalue weighted by molar-refractivity contribution is 7.18. The first-order valence-corrected chi connectivity index (χ1v) is 15.8. The van der Waals surface area contributed by atoms with Gasteiger partial charge in [0.1, 0.15) is 15.6 Å². The third-order valence-electron chi connectivity index (χ3n) is 7.54. The number of carbonyl (C=O) groups excluding carboxylic acids is 3.